The van der Waals surface area contributed by atoms with Crippen LogP contribution >= 0.6 is 7.60 Å². The summed E-state index contributed by atoms with van der Waals surface area (Å²) in [6.45, 7) is 3.03. The van der Waals surface area contributed by atoms with Gasteiger partial charge >= 0.3 is 7.60 Å². The molecule has 2 N–H and O–H groups in total. The summed E-state index contributed by atoms with van der Waals surface area (Å²) in [4.78, 5) is 17.2. The first kappa shape index (κ1) is 17.3. The standard InChI is InChI=1S/C11H17O7PS/c1-9-3-5-11(6-4-9)20(15,16)18-10(2)7-17-8-19(12,13)14/h3-6,10H,7-8H2,1-2H3,(H2,12,13,14)/t10-/m1/s1. The molecule has 0 heterocycles. The van der Waals surface area contributed by atoms with Crippen LogP contribution in [-0.4, -0.2) is 37.3 Å². The van der Waals surface area contributed by atoms with Gasteiger partial charge in [-0.25, -0.2) is 0 Å². The molecule has 7 nitrogen and oxygen atoms in total. The number of aryl methyl sites for hydroxylation is 1. The van der Waals surface area contributed by atoms with Crippen LogP contribution in [0.15, 0.2) is 29.2 Å². The van der Waals surface area contributed by atoms with Crippen LogP contribution in [0.4, 0.5) is 0 Å². The number of benzene rings is 1. The molecule has 20 heavy (non-hydrogen) atoms. The number of rotatable bonds is 7. The molecule has 0 aliphatic rings. The molecule has 0 radical (unpaired) electrons. The maximum Gasteiger partial charge on any atom is 0.350 e. The normalized spacial score (nSPS) is 14.2. The van der Waals surface area contributed by atoms with Gasteiger partial charge < -0.3 is 14.5 Å². The highest BCUT2D eigenvalue weighted by atomic mass is 32.2. The topological polar surface area (TPSA) is 110 Å². The van der Waals surface area contributed by atoms with Crippen LogP contribution in [0, 0.1) is 6.92 Å². The van der Waals surface area contributed by atoms with Crippen LogP contribution in [0.2, 0.25) is 0 Å². The van der Waals surface area contributed by atoms with Crippen LogP contribution in [0.5, 0.6) is 0 Å². The van der Waals surface area contributed by atoms with Gasteiger partial charge in [0.15, 0.2) is 0 Å². The van der Waals surface area contributed by atoms with E-state index in [0.717, 1.165) is 5.56 Å². The molecule has 0 unspecified atom stereocenters. The van der Waals surface area contributed by atoms with E-state index >= 15 is 0 Å². The van der Waals surface area contributed by atoms with Gasteiger partial charge in [-0.15, -0.1) is 0 Å². The van der Waals surface area contributed by atoms with Crippen LogP contribution in [0.3, 0.4) is 0 Å². The minimum absolute atomic E-state index is 0.0185. The lowest BCUT2D eigenvalue weighted by Crippen LogP contribution is -2.21. The van der Waals surface area contributed by atoms with Crippen molar-refractivity contribution in [1.82, 2.24) is 0 Å². The summed E-state index contributed by atoms with van der Waals surface area (Å²) in [6.07, 6.45) is -1.63. The lowest BCUT2D eigenvalue weighted by atomic mass is 10.2. The fourth-order valence-electron chi connectivity index (χ4n) is 1.34. The smallest absolute Gasteiger partial charge is 0.350 e. The average Bonchev–Trinajstić information content (AvgIpc) is 2.26. The molecule has 0 aliphatic carbocycles. The second kappa shape index (κ2) is 6.80. The van der Waals surface area contributed by atoms with Crippen molar-refractivity contribution in [3.8, 4) is 0 Å². The minimum Gasteiger partial charge on any atom is -0.366 e. The summed E-state index contributed by atoms with van der Waals surface area (Å²) in [6, 6.07) is 6.14. The molecule has 1 aromatic carbocycles. The van der Waals surface area contributed by atoms with Crippen LogP contribution < -0.4 is 0 Å². The molecule has 0 fully saturated rings. The Morgan fingerprint density at radius 2 is 1.80 bits per heavy atom. The lowest BCUT2D eigenvalue weighted by molar-refractivity contribution is 0.0778. The van der Waals surface area contributed by atoms with E-state index in [4.69, 9.17) is 18.7 Å². The van der Waals surface area contributed by atoms with Crippen molar-refractivity contribution < 1.29 is 31.7 Å². The first-order valence-corrected chi connectivity index (χ1v) is 8.93. The summed E-state index contributed by atoms with van der Waals surface area (Å²) >= 11 is 0. The molecule has 0 aliphatic heterocycles. The third-order valence-corrected chi connectivity index (χ3v) is 4.16. The molecule has 114 valence electrons. The molecule has 0 spiro atoms. The number of hydrogen-bond acceptors (Lipinski definition) is 5. The minimum atomic E-state index is -4.26. The van der Waals surface area contributed by atoms with Gasteiger partial charge in [-0.1, -0.05) is 17.7 Å². The van der Waals surface area contributed by atoms with E-state index in [1.165, 1.54) is 19.1 Å². The average molecular weight is 324 g/mol. The first-order valence-electron chi connectivity index (χ1n) is 5.72. The molecular formula is C11H17O7PS. The van der Waals surface area contributed by atoms with E-state index < -0.39 is 30.2 Å². The second-order valence-electron chi connectivity index (χ2n) is 4.34. The van der Waals surface area contributed by atoms with Crippen molar-refractivity contribution in [3.63, 3.8) is 0 Å². The van der Waals surface area contributed by atoms with Crippen LogP contribution in [0.25, 0.3) is 0 Å². The van der Waals surface area contributed by atoms with Gasteiger partial charge in [-0.3, -0.25) is 8.75 Å². The third kappa shape index (κ3) is 6.13. The summed E-state index contributed by atoms with van der Waals surface area (Å²) in [5, 5.41) is 0. The van der Waals surface area contributed by atoms with Gasteiger partial charge in [0.2, 0.25) is 0 Å². The van der Waals surface area contributed by atoms with E-state index in [-0.39, 0.29) is 11.5 Å². The maximum absolute atomic E-state index is 11.9. The van der Waals surface area contributed by atoms with E-state index in [2.05, 4.69) is 0 Å². The van der Waals surface area contributed by atoms with Gasteiger partial charge in [-0.05, 0) is 26.0 Å². The van der Waals surface area contributed by atoms with E-state index in [9.17, 15) is 13.0 Å². The zero-order chi connectivity index (χ0) is 15.4. The molecule has 0 bridgehead atoms. The second-order valence-corrected chi connectivity index (χ2v) is 7.50. The Labute approximate surface area is 117 Å². The Kier molecular flexibility index (Phi) is 5.88. The van der Waals surface area contributed by atoms with Crippen molar-refractivity contribution in [2.24, 2.45) is 0 Å². The zero-order valence-electron chi connectivity index (χ0n) is 11.1. The van der Waals surface area contributed by atoms with Crippen molar-refractivity contribution in [3.05, 3.63) is 29.8 Å². The highest BCUT2D eigenvalue weighted by Crippen LogP contribution is 2.33. The van der Waals surface area contributed by atoms with Crippen molar-refractivity contribution in [1.29, 1.82) is 0 Å². The molecule has 1 atom stereocenters. The van der Waals surface area contributed by atoms with Gasteiger partial charge in [0, 0.05) is 0 Å². The Hall–Kier alpha value is -0.760. The van der Waals surface area contributed by atoms with Gasteiger partial charge in [-0.2, -0.15) is 8.42 Å². The zero-order valence-corrected chi connectivity index (χ0v) is 12.8. The van der Waals surface area contributed by atoms with Gasteiger partial charge in [0.1, 0.15) is 6.35 Å². The third-order valence-electron chi connectivity index (χ3n) is 2.21. The number of ether oxygens (including phenoxy) is 1. The molecule has 1 rings (SSSR count). The predicted molar refractivity (Wildman–Crippen MR) is 71.8 cm³/mol. The molecule has 0 saturated heterocycles. The summed E-state index contributed by atoms with van der Waals surface area (Å²) < 4.78 is 43.9. The molecule has 0 amide bonds. The fourth-order valence-corrected chi connectivity index (χ4v) is 2.75. The first-order chi connectivity index (χ1) is 9.10. The monoisotopic (exact) mass is 324 g/mol. The Morgan fingerprint density at radius 3 is 2.30 bits per heavy atom. The van der Waals surface area contributed by atoms with Crippen molar-refractivity contribution in [2.45, 2.75) is 24.8 Å². The molecule has 0 saturated carbocycles. The van der Waals surface area contributed by atoms with Crippen LogP contribution in [0.1, 0.15) is 12.5 Å². The summed E-state index contributed by atoms with van der Waals surface area (Å²) in [5.41, 5.74) is 0.918. The Balaban J connectivity index is 2.58. The number of hydrogen-bond donors (Lipinski definition) is 2. The molecule has 1 aromatic rings. The van der Waals surface area contributed by atoms with E-state index in [1.807, 2.05) is 6.92 Å². The lowest BCUT2D eigenvalue weighted by Gasteiger charge is -2.13. The van der Waals surface area contributed by atoms with Crippen molar-refractivity contribution >= 4 is 17.7 Å². The fraction of sp³-hybridized carbons (Fsp3) is 0.455. The van der Waals surface area contributed by atoms with Crippen LogP contribution in [-0.2, 0) is 23.6 Å². The van der Waals surface area contributed by atoms with Gasteiger partial charge in [0.25, 0.3) is 10.1 Å². The van der Waals surface area contributed by atoms with E-state index in [0.29, 0.717) is 0 Å². The van der Waals surface area contributed by atoms with Gasteiger partial charge in [0.05, 0.1) is 17.6 Å². The quantitative estimate of drug-likeness (QED) is 0.573. The largest absolute Gasteiger partial charge is 0.366 e. The summed E-state index contributed by atoms with van der Waals surface area (Å²) in [5.74, 6) is 0. The maximum atomic E-state index is 11.9. The van der Waals surface area contributed by atoms with Crippen molar-refractivity contribution in [2.75, 3.05) is 13.0 Å². The molecule has 9 heteroatoms. The Bertz CT molecular complexity index is 575. The van der Waals surface area contributed by atoms with E-state index in [1.54, 1.807) is 12.1 Å². The SMILES string of the molecule is Cc1ccc(S(=O)(=O)O[C@H](C)COCP(=O)(O)O)cc1. The summed E-state index contributed by atoms with van der Waals surface area (Å²) in [7, 11) is -8.18. The highest BCUT2D eigenvalue weighted by molar-refractivity contribution is 7.86. The molecular weight excluding hydrogens is 307 g/mol. The predicted octanol–water partition coefficient (Wildman–Crippen LogP) is 1.24. The molecule has 0 aromatic heterocycles. The Morgan fingerprint density at radius 1 is 1.25 bits per heavy atom. The highest BCUT2D eigenvalue weighted by Gasteiger charge is 2.20.